The van der Waals surface area contributed by atoms with Crippen LogP contribution in [-0.2, 0) is 4.79 Å². The van der Waals surface area contributed by atoms with E-state index in [4.69, 9.17) is 9.84 Å². The minimum Gasteiger partial charge on any atom is -0.493 e. The van der Waals surface area contributed by atoms with Gasteiger partial charge in [-0.05, 0) is 63.0 Å². The molecule has 1 N–H and O–H groups in total. The number of aliphatic carboxylic acids is 1. The van der Waals surface area contributed by atoms with E-state index in [2.05, 4.69) is 91.0 Å². The lowest BCUT2D eigenvalue weighted by Gasteiger charge is -2.09. The first-order valence-corrected chi connectivity index (χ1v) is 15.0. The molecule has 3 nitrogen and oxygen atoms in total. The van der Waals surface area contributed by atoms with Crippen molar-refractivity contribution in [3.63, 3.8) is 0 Å². The Kier molecular flexibility index (Phi) is 9.68. The van der Waals surface area contributed by atoms with E-state index >= 15 is 0 Å². The first kappa shape index (κ1) is 27.7. The molecule has 0 spiro atoms. The number of unbranched alkanes of at least 4 members (excludes halogenated alkanes) is 9. The fourth-order valence-corrected chi connectivity index (χ4v) is 5.71. The molecule has 0 aliphatic heterocycles. The van der Waals surface area contributed by atoms with E-state index in [1.807, 2.05) is 0 Å². The molecule has 0 bridgehead atoms. The van der Waals surface area contributed by atoms with Crippen molar-refractivity contribution in [3.8, 4) is 16.9 Å². The molecule has 0 saturated carbocycles. The van der Waals surface area contributed by atoms with Crippen LogP contribution in [0.4, 0.5) is 0 Å². The number of ether oxygens (including phenoxy) is 1. The topological polar surface area (TPSA) is 46.5 Å². The van der Waals surface area contributed by atoms with Crippen LogP contribution in [0.5, 0.6) is 5.75 Å². The number of benzene rings is 5. The standard InChI is InChI=1S/C23H32O3.C14H8/c24-23(25)18-9-7-5-3-1-2-4-6-8-12-19-26-22-17-13-15-20-14-10-11-16-21(20)22;1-2-6-11-9(4-1)8-10-5-3-7-12-13(10)14(11)12/h10-11,13-17H,1-9,12,18-19H2,(H,24,25);1-8H. The molecule has 6 rings (SSSR count). The Balaban J connectivity index is 0.000000189. The molecule has 5 aromatic carbocycles. The van der Waals surface area contributed by atoms with E-state index in [0.717, 1.165) is 31.6 Å². The number of hydrogen-bond acceptors (Lipinski definition) is 2. The average molecular weight is 533 g/mol. The molecule has 5 aromatic rings. The minimum atomic E-state index is -0.672. The highest BCUT2D eigenvalue weighted by atomic mass is 16.5. The quantitative estimate of drug-likeness (QED) is 0.112. The zero-order chi connectivity index (χ0) is 27.6. The smallest absolute Gasteiger partial charge is 0.303 e. The molecule has 1 aliphatic carbocycles. The van der Waals surface area contributed by atoms with Gasteiger partial charge in [-0.3, -0.25) is 4.79 Å². The predicted octanol–water partition coefficient (Wildman–Crippen LogP) is 10.6. The zero-order valence-corrected chi connectivity index (χ0v) is 23.4. The lowest BCUT2D eigenvalue weighted by atomic mass is 10.1. The second-order valence-electron chi connectivity index (χ2n) is 10.9. The van der Waals surface area contributed by atoms with Gasteiger partial charge in [-0.25, -0.2) is 0 Å². The Morgan fingerprint density at radius 2 is 1.15 bits per heavy atom. The van der Waals surface area contributed by atoms with E-state index in [1.54, 1.807) is 0 Å². The number of carbonyl (C=O) groups is 1. The monoisotopic (exact) mass is 532 g/mol. The molecule has 40 heavy (non-hydrogen) atoms. The first-order chi connectivity index (χ1) is 19.7. The second kappa shape index (κ2) is 14.0. The molecule has 0 amide bonds. The second-order valence-corrected chi connectivity index (χ2v) is 10.9. The zero-order valence-electron chi connectivity index (χ0n) is 23.4. The van der Waals surface area contributed by atoms with E-state index in [1.165, 1.54) is 88.4 Å². The van der Waals surface area contributed by atoms with Crippen LogP contribution in [0.3, 0.4) is 0 Å². The van der Waals surface area contributed by atoms with Gasteiger partial charge in [-0.1, -0.05) is 130 Å². The van der Waals surface area contributed by atoms with E-state index < -0.39 is 5.97 Å². The van der Waals surface area contributed by atoms with E-state index in [0.29, 0.717) is 6.42 Å². The minimum absolute atomic E-state index is 0.320. The maximum absolute atomic E-state index is 10.4. The molecule has 0 unspecified atom stereocenters. The molecule has 0 aromatic heterocycles. The van der Waals surface area contributed by atoms with Crippen molar-refractivity contribution in [1.82, 2.24) is 0 Å². The fraction of sp³-hybridized carbons (Fsp3) is 0.324. The van der Waals surface area contributed by atoms with Crippen molar-refractivity contribution in [2.75, 3.05) is 6.61 Å². The first-order valence-electron chi connectivity index (χ1n) is 15.0. The summed E-state index contributed by atoms with van der Waals surface area (Å²) in [6, 6.07) is 32.0. The Bertz CT molecular complexity index is 1560. The van der Waals surface area contributed by atoms with Crippen molar-refractivity contribution in [2.24, 2.45) is 0 Å². The van der Waals surface area contributed by atoms with Crippen LogP contribution in [0.2, 0.25) is 0 Å². The maximum atomic E-state index is 10.4. The molecule has 0 fully saturated rings. The summed E-state index contributed by atoms with van der Waals surface area (Å²) in [6.07, 6.45) is 12.1. The van der Waals surface area contributed by atoms with Gasteiger partial charge in [0, 0.05) is 11.8 Å². The molecule has 206 valence electrons. The molecule has 1 aliphatic rings. The predicted molar refractivity (Wildman–Crippen MR) is 168 cm³/mol. The Labute approximate surface area is 237 Å². The molecule has 0 atom stereocenters. The molecule has 3 heteroatoms. The van der Waals surface area contributed by atoms with Gasteiger partial charge in [0.15, 0.2) is 0 Å². The molecular formula is C37H40O3. The van der Waals surface area contributed by atoms with Crippen molar-refractivity contribution >= 4 is 38.3 Å². The summed E-state index contributed by atoms with van der Waals surface area (Å²) < 4.78 is 5.98. The lowest BCUT2D eigenvalue weighted by molar-refractivity contribution is -0.137. The summed E-state index contributed by atoms with van der Waals surface area (Å²) in [5.74, 6) is 0.320. The number of fused-ring (bicyclic) bond motifs is 4. The van der Waals surface area contributed by atoms with Gasteiger partial charge >= 0.3 is 5.97 Å². The van der Waals surface area contributed by atoms with Gasteiger partial charge in [0.05, 0.1) is 6.61 Å². The molecule has 0 heterocycles. The highest BCUT2D eigenvalue weighted by Gasteiger charge is 2.23. The van der Waals surface area contributed by atoms with Crippen LogP contribution < -0.4 is 4.74 Å². The van der Waals surface area contributed by atoms with Crippen LogP contribution in [0.25, 0.3) is 43.4 Å². The van der Waals surface area contributed by atoms with Crippen LogP contribution in [0, 0.1) is 0 Å². The summed E-state index contributed by atoms with van der Waals surface area (Å²) in [5.41, 5.74) is 2.92. The normalized spacial score (nSPS) is 11.4. The average Bonchev–Trinajstić information content (AvgIpc) is 3.72. The van der Waals surface area contributed by atoms with Crippen molar-refractivity contribution < 1.29 is 14.6 Å². The highest BCUT2D eigenvalue weighted by molar-refractivity contribution is 6.29. The van der Waals surface area contributed by atoms with Crippen molar-refractivity contribution in [2.45, 2.75) is 70.6 Å². The SMILES string of the molecule is O=C(O)CCCCCCCCCCCCOc1cccc2ccccc12.c1ccc2c3c4c-3cccc4cc2c1. The number of carboxylic acids is 1. The Morgan fingerprint density at radius 1 is 0.575 bits per heavy atom. The van der Waals surface area contributed by atoms with Crippen LogP contribution in [0.15, 0.2) is 91.0 Å². The van der Waals surface area contributed by atoms with Crippen molar-refractivity contribution in [1.29, 1.82) is 0 Å². The van der Waals surface area contributed by atoms with Crippen LogP contribution in [0.1, 0.15) is 70.6 Å². The molecule has 0 saturated heterocycles. The third-order valence-electron chi connectivity index (χ3n) is 7.89. The van der Waals surface area contributed by atoms with Gasteiger partial charge in [-0.2, -0.15) is 0 Å². The third-order valence-corrected chi connectivity index (χ3v) is 7.89. The number of hydrogen-bond donors (Lipinski definition) is 1. The van der Waals surface area contributed by atoms with Crippen molar-refractivity contribution in [3.05, 3.63) is 91.0 Å². The molecule has 0 radical (unpaired) electrons. The Morgan fingerprint density at radius 3 is 1.90 bits per heavy atom. The van der Waals surface area contributed by atoms with E-state index in [9.17, 15) is 4.79 Å². The van der Waals surface area contributed by atoms with Crippen LogP contribution in [-0.4, -0.2) is 17.7 Å². The third kappa shape index (κ3) is 7.21. The molecular weight excluding hydrogens is 492 g/mol. The largest absolute Gasteiger partial charge is 0.493 e. The summed E-state index contributed by atoms with van der Waals surface area (Å²) in [7, 11) is 0. The highest BCUT2D eigenvalue weighted by Crippen LogP contribution is 2.51. The maximum Gasteiger partial charge on any atom is 0.303 e. The van der Waals surface area contributed by atoms with Crippen LogP contribution >= 0.6 is 0 Å². The van der Waals surface area contributed by atoms with Gasteiger partial charge in [-0.15, -0.1) is 0 Å². The summed E-state index contributed by atoms with van der Waals surface area (Å²) in [4.78, 5) is 10.4. The lowest BCUT2D eigenvalue weighted by Crippen LogP contribution is -1.97. The van der Waals surface area contributed by atoms with Gasteiger partial charge < -0.3 is 9.84 Å². The summed E-state index contributed by atoms with van der Waals surface area (Å²) >= 11 is 0. The van der Waals surface area contributed by atoms with Gasteiger partial charge in [0.25, 0.3) is 0 Å². The Hall–Kier alpha value is -3.85. The number of carboxylic acid groups (broad SMARTS) is 1. The summed E-state index contributed by atoms with van der Waals surface area (Å²) in [5, 5.41) is 16.6. The number of rotatable bonds is 14. The fourth-order valence-electron chi connectivity index (χ4n) is 5.71. The summed E-state index contributed by atoms with van der Waals surface area (Å²) in [6.45, 7) is 0.789. The van der Waals surface area contributed by atoms with Gasteiger partial charge in [0.2, 0.25) is 0 Å². The van der Waals surface area contributed by atoms with Gasteiger partial charge in [0.1, 0.15) is 5.75 Å². The van der Waals surface area contributed by atoms with E-state index in [-0.39, 0.29) is 0 Å².